The lowest BCUT2D eigenvalue weighted by Crippen LogP contribution is -2.49. The lowest BCUT2D eigenvalue weighted by molar-refractivity contribution is -0.139. The molecule has 2 unspecified atom stereocenters. The van der Waals surface area contributed by atoms with Crippen LogP contribution in [-0.2, 0) is 9.59 Å². The summed E-state index contributed by atoms with van der Waals surface area (Å²) in [6.45, 7) is 7.62. The highest BCUT2D eigenvalue weighted by Gasteiger charge is 2.30. The molecule has 19 heavy (non-hydrogen) atoms. The first-order chi connectivity index (χ1) is 8.99. The maximum absolute atomic E-state index is 12.1. The number of nitrogens with one attached hydrogen (secondary N) is 1. The van der Waals surface area contributed by atoms with E-state index in [1.54, 1.807) is 0 Å². The summed E-state index contributed by atoms with van der Waals surface area (Å²) in [4.78, 5) is 26.1. The number of piperidine rings is 1. The standard InChI is InChI=1S/C14H27N3O2/c1-4-10(2)14(19)17-7-5-6-12(9-17)13(18)16-11(3)8-15/h10-12H,4-9,15H2,1-3H3,(H,16,18)/t10?,11-,12?/m0/s1. The third-order valence-corrected chi connectivity index (χ3v) is 3.88. The smallest absolute Gasteiger partial charge is 0.225 e. The first kappa shape index (κ1) is 16.0. The Labute approximate surface area is 115 Å². The number of nitrogens with zero attached hydrogens (tertiary/aromatic N) is 1. The zero-order valence-electron chi connectivity index (χ0n) is 12.3. The minimum absolute atomic E-state index is 0.00635. The largest absolute Gasteiger partial charge is 0.352 e. The number of carbonyl (C=O) groups is 2. The second kappa shape index (κ2) is 7.48. The Morgan fingerprint density at radius 1 is 1.42 bits per heavy atom. The van der Waals surface area contributed by atoms with Crippen LogP contribution in [0.5, 0.6) is 0 Å². The van der Waals surface area contributed by atoms with Gasteiger partial charge in [0.05, 0.1) is 5.92 Å². The predicted octanol–water partition coefficient (Wildman–Crippen LogP) is 0.735. The fraction of sp³-hybridized carbons (Fsp3) is 0.857. The van der Waals surface area contributed by atoms with Gasteiger partial charge in [-0.1, -0.05) is 13.8 Å². The molecule has 2 amide bonds. The van der Waals surface area contributed by atoms with Gasteiger partial charge in [0.25, 0.3) is 0 Å². The summed E-state index contributed by atoms with van der Waals surface area (Å²) in [7, 11) is 0. The summed E-state index contributed by atoms with van der Waals surface area (Å²) in [5, 5.41) is 2.90. The van der Waals surface area contributed by atoms with Crippen molar-refractivity contribution >= 4 is 11.8 Å². The number of hydrogen-bond acceptors (Lipinski definition) is 3. The van der Waals surface area contributed by atoms with Gasteiger partial charge in [-0.25, -0.2) is 0 Å². The van der Waals surface area contributed by atoms with Gasteiger partial charge in [-0.3, -0.25) is 9.59 Å². The van der Waals surface area contributed by atoms with Gasteiger partial charge in [0.1, 0.15) is 0 Å². The van der Waals surface area contributed by atoms with Gasteiger partial charge in [-0.15, -0.1) is 0 Å². The van der Waals surface area contributed by atoms with E-state index in [1.807, 2.05) is 25.7 Å². The SMILES string of the molecule is CCC(C)C(=O)N1CCCC(C(=O)N[C@@H](C)CN)C1. The van der Waals surface area contributed by atoms with E-state index in [1.165, 1.54) is 0 Å². The van der Waals surface area contributed by atoms with Crippen molar-refractivity contribution in [2.75, 3.05) is 19.6 Å². The molecule has 1 aliphatic heterocycles. The highest BCUT2D eigenvalue weighted by Crippen LogP contribution is 2.19. The lowest BCUT2D eigenvalue weighted by Gasteiger charge is -2.34. The molecule has 1 rings (SSSR count). The molecule has 3 N–H and O–H groups in total. The van der Waals surface area contributed by atoms with E-state index in [0.29, 0.717) is 13.1 Å². The Balaban J connectivity index is 2.54. The van der Waals surface area contributed by atoms with Crippen molar-refractivity contribution in [3.8, 4) is 0 Å². The van der Waals surface area contributed by atoms with Crippen molar-refractivity contribution in [1.29, 1.82) is 0 Å². The van der Waals surface area contributed by atoms with Crippen LogP contribution in [0.15, 0.2) is 0 Å². The van der Waals surface area contributed by atoms with Crippen LogP contribution in [0.1, 0.15) is 40.0 Å². The van der Waals surface area contributed by atoms with Crippen LogP contribution < -0.4 is 11.1 Å². The molecule has 0 bridgehead atoms. The van der Waals surface area contributed by atoms with E-state index in [9.17, 15) is 9.59 Å². The Morgan fingerprint density at radius 2 is 2.11 bits per heavy atom. The first-order valence-electron chi connectivity index (χ1n) is 7.28. The van der Waals surface area contributed by atoms with Gasteiger partial charge in [0, 0.05) is 31.6 Å². The summed E-state index contributed by atoms with van der Waals surface area (Å²) in [5.74, 6) is 0.159. The number of amides is 2. The Bertz CT molecular complexity index is 320. The molecule has 5 heteroatoms. The van der Waals surface area contributed by atoms with Crippen molar-refractivity contribution in [2.24, 2.45) is 17.6 Å². The van der Waals surface area contributed by atoms with Gasteiger partial charge in [0.2, 0.25) is 11.8 Å². The molecule has 0 spiro atoms. The maximum Gasteiger partial charge on any atom is 0.225 e. The van der Waals surface area contributed by atoms with Crippen LogP contribution in [0.3, 0.4) is 0 Å². The minimum Gasteiger partial charge on any atom is -0.352 e. The predicted molar refractivity (Wildman–Crippen MR) is 75.4 cm³/mol. The van der Waals surface area contributed by atoms with E-state index >= 15 is 0 Å². The van der Waals surface area contributed by atoms with Crippen molar-refractivity contribution in [3.63, 3.8) is 0 Å². The Hall–Kier alpha value is -1.10. The van der Waals surface area contributed by atoms with Gasteiger partial charge in [-0.05, 0) is 26.2 Å². The van der Waals surface area contributed by atoms with Crippen LogP contribution in [0, 0.1) is 11.8 Å². The molecule has 5 nitrogen and oxygen atoms in total. The average molecular weight is 269 g/mol. The van der Waals surface area contributed by atoms with Crippen LogP contribution in [0.2, 0.25) is 0 Å². The van der Waals surface area contributed by atoms with Crippen LogP contribution in [0.4, 0.5) is 0 Å². The fourth-order valence-electron chi connectivity index (χ4n) is 2.30. The number of rotatable bonds is 5. The zero-order valence-corrected chi connectivity index (χ0v) is 12.3. The molecule has 0 saturated carbocycles. The highest BCUT2D eigenvalue weighted by atomic mass is 16.2. The molecule has 1 heterocycles. The second-order valence-corrected chi connectivity index (χ2v) is 5.58. The Morgan fingerprint density at radius 3 is 2.68 bits per heavy atom. The third kappa shape index (κ3) is 4.49. The van der Waals surface area contributed by atoms with Crippen molar-refractivity contribution in [1.82, 2.24) is 10.2 Å². The highest BCUT2D eigenvalue weighted by molar-refractivity contribution is 5.82. The number of carbonyl (C=O) groups excluding carboxylic acids is 2. The zero-order chi connectivity index (χ0) is 14.4. The second-order valence-electron chi connectivity index (χ2n) is 5.58. The normalized spacial score (nSPS) is 22.7. The number of nitrogens with two attached hydrogens (primary N) is 1. The molecule has 1 aliphatic rings. The van der Waals surface area contributed by atoms with Gasteiger partial charge in [-0.2, -0.15) is 0 Å². The van der Waals surface area contributed by atoms with Gasteiger partial charge >= 0.3 is 0 Å². The number of likely N-dealkylation sites (tertiary alicyclic amines) is 1. The average Bonchev–Trinajstić information content (AvgIpc) is 2.45. The summed E-state index contributed by atoms with van der Waals surface area (Å²) >= 11 is 0. The lowest BCUT2D eigenvalue weighted by atomic mass is 9.95. The quantitative estimate of drug-likeness (QED) is 0.773. The third-order valence-electron chi connectivity index (χ3n) is 3.88. The number of hydrogen-bond donors (Lipinski definition) is 2. The maximum atomic E-state index is 12.1. The minimum atomic E-state index is -0.0873. The summed E-state index contributed by atoms with van der Waals surface area (Å²) in [6.07, 6.45) is 2.60. The van der Waals surface area contributed by atoms with Crippen molar-refractivity contribution in [3.05, 3.63) is 0 Å². The summed E-state index contributed by atoms with van der Waals surface area (Å²) < 4.78 is 0. The molecule has 0 aliphatic carbocycles. The molecule has 0 radical (unpaired) electrons. The van der Waals surface area contributed by atoms with E-state index in [2.05, 4.69) is 5.32 Å². The summed E-state index contributed by atoms with van der Waals surface area (Å²) in [5.41, 5.74) is 5.50. The van der Waals surface area contributed by atoms with Gasteiger partial charge < -0.3 is 16.0 Å². The van der Waals surface area contributed by atoms with Crippen LogP contribution in [0.25, 0.3) is 0 Å². The monoisotopic (exact) mass is 269 g/mol. The molecule has 0 aromatic carbocycles. The first-order valence-corrected chi connectivity index (χ1v) is 7.28. The molecule has 0 aromatic heterocycles. The molecule has 3 atom stereocenters. The molecular formula is C14H27N3O2. The molecule has 110 valence electrons. The molecule has 1 saturated heterocycles. The van der Waals surface area contributed by atoms with E-state index in [-0.39, 0.29) is 29.7 Å². The van der Waals surface area contributed by atoms with Gasteiger partial charge in [0.15, 0.2) is 0 Å². The van der Waals surface area contributed by atoms with Crippen molar-refractivity contribution in [2.45, 2.75) is 46.1 Å². The Kier molecular flexibility index (Phi) is 6.28. The van der Waals surface area contributed by atoms with Crippen LogP contribution in [-0.4, -0.2) is 42.4 Å². The van der Waals surface area contributed by atoms with E-state index in [0.717, 1.165) is 25.8 Å². The molecule has 1 fully saturated rings. The van der Waals surface area contributed by atoms with E-state index < -0.39 is 0 Å². The fourth-order valence-corrected chi connectivity index (χ4v) is 2.30. The summed E-state index contributed by atoms with van der Waals surface area (Å²) in [6, 6.07) is -0.00635. The van der Waals surface area contributed by atoms with E-state index in [4.69, 9.17) is 5.73 Å². The molecular weight excluding hydrogens is 242 g/mol. The van der Waals surface area contributed by atoms with Crippen molar-refractivity contribution < 1.29 is 9.59 Å². The topological polar surface area (TPSA) is 75.4 Å². The van der Waals surface area contributed by atoms with Crippen LogP contribution >= 0.6 is 0 Å². The molecule has 0 aromatic rings.